The second kappa shape index (κ2) is 8.08. The zero-order valence-corrected chi connectivity index (χ0v) is 13.6. The molecule has 1 heterocycles. The third-order valence-corrected chi connectivity index (χ3v) is 3.04. The Labute approximate surface area is 130 Å². The van der Waals surface area contributed by atoms with Crippen LogP contribution in [0, 0.1) is 5.92 Å². The molecule has 6 heteroatoms. The van der Waals surface area contributed by atoms with Crippen LogP contribution in [-0.4, -0.2) is 24.5 Å². The minimum atomic E-state index is -0.681. The predicted molar refractivity (Wildman–Crippen MR) is 80.3 cm³/mol. The maximum atomic E-state index is 12.1. The lowest BCUT2D eigenvalue weighted by atomic mass is 10.0. The normalized spacial score (nSPS) is 13.8. The molecule has 0 bridgehead atoms. The van der Waals surface area contributed by atoms with Gasteiger partial charge in [-0.1, -0.05) is 13.8 Å². The summed E-state index contributed by atoms with van der Waals surface area (Å²) in [6.45, 7) is 7.70. The Hall–Kier alpha value is -1.49. The molecule has 21 heavy (non-hydrogen) atoms. The third-order valence-electron chi connectivity index (χ3n) is 2.83. The molecular weight excluding hydrogens is 294 g/mol. The molecule has 0 aliphatic heterocycles. The van der Waals surface area contributed by atoms with Crippen molar-refractivity contribution in [3.05, 3.63) is 23.7 Å². The van der Waals surface area contributed by atoms with Crippen LogP contribution >= 0.6 is 11.6 Å². The topological polar surface area (TPSA) is 68.5 Å². The molecule has 2 atom stereocenters. The molecule has 0 saturated heterocycles. The van der Waals surface area contributed by atoms with Gasteiger partial charge in [0, 0.05) is 0 Å². The molecule has 0 saturated carbocycles. The maximum Gasteiger partial charge on any atom is 0.328 e. The fraction of sp³-hybridized carbons (Fsp3) is 0.600. The Morgan fingerprint density at radius 1 is 1.33 bits per heavy atom. The van der Waals surface area contributed by atoms with E-state index < -0.39 is 17.9 Å². The summed E-state index contributed by atoms with van der Waals surface area (Å²) in [6.07, 6.45) is 0.504. The van der Waals surface area contributed by atoms with Gasteiger partial charge < -0.3 is 14.5 Å². The SMILES string of the molecule is CCOC(=O)C(CC(C)C)NC(=O)c1ccc(C(C)Cl)o1. The maximum absolute atomic E-state index is 12.1. The van der Waals surface area contributed by atoms with Crippen LogP contribution in [0.2, 0.25) is 0 Å². The molecule has 118 valence electrons. The summed E-state index contributed by atoms with van der Waals surface area (Å²) >= 11 is 5.89. The van der Waals surface area contributed by atoms with Crippen LogP contribution in [0.15, 0.2) is 16.5 Å². The lowest BCUT2D eigenvalue weighted by Gasteiger charge is -2.18. The molecular formula is C15H22ClNO4. The van der Waals surface area contributed by atoms with Crippen molar-refractivity contribution in [2.24, 2.45) is 5.92 Å². The molecule has 0 spiro atoms. The second-order valence-corrected chi connectivity index (χ2v) is 5.88. The van der Waals surface area contributed by atoms with E-state index in [2.05, 4.69) is 5.32 Å². The van der Waals surface area contributed by atoms with E-state index in [4.69, 9.17) is 20.8 Å². The average molecular weight is 316 g/mol. The number of esters is 1. The number of nitrogens with one attached hydrogen (secondary N) is 1. The molecule has 0 aromatic carbocycles. The first-order valence-corrected chi connectivity index (χ1v) is 7.50. The van der Waals surface area contributed by atoms with E-state index in [9.17, 15) is 9.59 Å². The predicted octanol–water partition coefficient (Wildman–Crippen LogP) is 3.29. The molecule has 0 aliphatic carbocycles. The van der Waals surface area contributed by atoms with Gasteiger partial charge in [-0.25, -0.2) is 4.79 Å². The quantitative estimate of drug-likeness (QED) is 0.619. The van der Waals surface area contributed by atoms with Crippen molar-refractivity contribution < 1.29 is 18.7 Å². The number of amides is 1. The standard InChI is InChI=1S/C15H22ClNO4/c1-5-20-15(19)11(8-9(2)3)17-14(18)13-7-6-12(21-13)10(4)16/h6-7,9-11H,5,8H2,1-4H3,(H,17,18). The summed E-state index contributed by atoms with van der Waals surface area (Å²) in [5, 5.41) is 2.33. The van der Waals surface area contributed by atoms with Gasteiger partial charge in [-0.05, 0) is 38.3 Å². The van der Waals surface area contributed by atoms with Crippen molar-refractivity contribution in [1.82, 2.24) is 5.32 Å². The minimum absolute atomic E-state index is 0.135. The summed E-state index contributed by atoms with van der Waals surface area (Å²) in [7, 11) is 0. The van der Waals surface area contributed by atoms with Gasteiger partial charge in [0.2, 0.25) is 0 Å². The van der Waals surface area contributed by atoms with E-state index in [0.29, 0.717) is 12.2 Å². The highest BCUT2D eigenvalue weighted by Gasteiger charge is 2.25. The summed E-state index contributed by atoms with van der Waals surface area (Å²) in [4.78, 5) is 24.0. The molecule has 0 fully saturated rings. The number of carbonyl (C=O) groups is 2. The first-order valence-electron chi connectivity index (χ1n) is 7.06. The van der Waals surface area contributed by atoms with Crippen molar-refractivity contribution in [3.63, 3.8) is 0 Å². The molecule has 1 aromatic heterocycles. The number of rotatable bonds is 7. The van der Waals surface area contributed by atoms with Crippen LogP contribution in [0.5, 0.6) is 0 Å². The summed E-state index contributed by atoms with van der Waals surface area (Å²) in [6, 6.07) is 2.51. The first kappa shape index (κ1) is 17.6. The Balaban J connectivity index is 2.76. The third kappa shape index (κ3) is 5.42. The average Bonchev–Trinajstić information content (AvgIpc) is 2.87. The van der Waals surface area contributed by atoms with Crippen molar-refractivity contribution in [2.75, 3.05) is 6.61 Å². The van der Waals surface area contributed by atoms with Gasteiger partial charge in [0.25, 0.3) is 5.91 Å². The zero-order chi connectivity index (χ0) is 16.0. The first-order chi connectivity index (χ1) is 9.85. The Morgan fingerprint density at radius 2 is 2.00 bits per heavy atom. The number of furan rings is 1. The van der Waals surface area contributed by atoms with E-state index in [1.54, 1.807) is 26.0 Å². The number of ether oxygens (including phenoxy) is 1. The van der Waals surface area contributed by atoms with E-state index in [0.717, 1.165) is 0 Å². The van der Waals surface area contributed by atoms with Gasteiger partial charge in [-0.2, -0.15) is 0 Å². The van der Waals surface area contributed by atoms with Crippen LogP contribution < -0.4 is 5.32 Å². The molecule has 1 rings (SSSR count). The van der Waals surface area contributed by atoms with Crippen LogP contribution in [0.1, 0.15) is 55.8 Å². The smallest absolute Gasteiger partial charge is 0.328 e. The lowest BCUT2D eigenvalue weighted by molar-refractivity contribution is -0.145. The van der Waals surface area contributed by atoms with E-state index in [1.165, 1.54) is 0 Å². The van der Waals surface area contributed by atoms with Crippen LogP contribution in [0.4, 0.5) is 0 Å². The van der Waals surface area contributed by atoms with Crippen molar-refractivity contribution >= 4 is 23.5 Å². The van der Waals surface area contributed by atoms with Gasteiger partial charge >= 0.3 is 5.97 Å². The molecule has 2 unspecified atom stereocenters. The number of alkyl halides is 1. The highest BCUT2D eigenvalue weighted by molar-refractivity contribution is 6.20. The molecule has 1 N–H and O–H groups in total. The van der Waals surface area contributed by atoms with Crippen LogP contribution in [0.25, 0.3) is 0 Å². The highest BCUT2D eigenvalue weighted by Crippen LogP contribution is 2.21. The van der Waals surface area contributed by atoms with Gasteiger partial charge in [0.15, 0.2) is 5.76 Å². The fourth-order valence-corrected chi connectivity index (χ4v) is 1.96. The van der Waals surface area contributed by atoms with Crippen molar-refractivity contribution in [3.8, 4) is 0 Å². The van der Waals surface area contributed by atoms with Gasteiger partial charge in [-0.3, -0.25) is 4.79 Å². The van der Waals surface area contributed by atoms with Crippen LogP contribution in [0.3, 0.4) is 0 Å². The monoisotopic (exact) mass is 315 g/mol. The lowest BCUT2D eigenvalue weighted by Crippen LogP contribution is -2.42. The van der Waals surface area contributed by atoms with Gasteiger partial charge in [-0.15, -0.1) is 11.6 Å². The molecule has 1 amide bonds. The van der Waals surface area contributed by atoms with E-state index in [1.807, 2.05) is 13.8 Å². The highest BCUT2D eigenvalue weighted by atomic mass is 35.5. The van der Waals surface area contributed by atoms with Crippen molar-refractivity contribution in [2.45, 2.75) is 45.5 Å². The second-order valence-electron chi connectivity index (χ2n) is 5.23. The zero-order valence-electron chi connectivity index (χ0n) is 12.8. The summed E-state index contributed by atoms with van der Waals surface area (Å²) in [5.41, 5.74) is 0. The molecule has 0 aliphatic rings. The van der Waals surface area contributed by atoms with Crippen LogP contribution in [-0.2, 0) is 9.53 Å². The Kier molecular flexibility index (Phi) is 6.75. The summed E-state index contributed by atoms with van der Waals surface area (Å²) < 4.78 is 10.3. The minimum Gasteiger partial charge on any atom is -0.464 e. The largest absolute Gasteiger partial charge is 0.464 e. The molecule has 5 nitrogen and oxygen atoms in total. The molecule has 0 radical (unpaired) electrons. The van der Waals surface area contributed by atoms with Crippen molar-refractivity contribution in [1.29, 1.82) is 0 Å². The number of hydrogen-bond acceptors (Lipinski definition) is 4. The number of carbonyl (C=O) groups excluding carboxylic acids is 2. The Bertz CT molecular complexity index is 482. The summed E-state index contributed by atoms with van der Waals surface area (Å²) in [5.74, 6) is 0.0120. The van der Waals surface area contributed by atoms with Gasteiger partial charge in [0.1, 0.15) is 11.8 Å². The Morgan fingerprint density at radius 3 is 2.48 bits per heavy atom. The number of hydrogen-bond donors (Lipinski definition) is 1. The molecule has 1 aromatic rings. The fourth-order valence-electron chi connectivity index (χ4n) is 1.85. The van der Waals surface area contributed by atoms with E-state index in [-0.39, 0.29) is 23.7 Å². The van der Waals surface area contributed by atoms with E-state index >= 15 is 0 Å². The number of halogens is 1. The van der Waals surface area contributed by atoms with Gasteiger partial charge in [0.05, 0.1) is 12.0 Å².